The molecule has 0 spiro atoms. The molecular formula is C16H20N2O3. The van der Waals surface area contributed by atoms with E-state index in [0.29, 0.717) is 12.4 Å². The zero-order chi connectivity index (χ0) is 15.0. The third-order valence-electron chi connectivity index (χ3n) is 3.96. The van der Waals surface area contributed by atoms with Crippen LogP contribution in [0.5, 0.6) is 5.75 Å². The minimum atomic E-state index is -0.295. The van der Waals surface area contributed by atoms with E-state index >= 15 is 0 Å². The van der Waals surface area contributed by atoms with Crippen molar-refractivity contribution in [3.05, 3.63) is 41.7 Å². The lowest BCUT2D eigenvalue weighted by Crippen LogP contribution is -2.37. The molecule has 0 amide bonds. The molecule has 3 rings (SSSR count). The molecule has 0 unspecified atom stereocenters. The summed E-state index contributed by atoms with van der Waals surface area (Å²) >= 11 is 0. The molecule has 1 aromatic rings. The number of carbonyl (C=O) groups excluding carboxylic acids is 1. The average molecular weight is 288 g/mol. The Balaban J connectivity index is 1.97. The monoisotopic (exact) mass is 288 g/mol. The highest BCUT2D eigenvalue weighted by molar-refractivity contribution is 5.88. The number of carbonyl (C=O) groups is 1. The summed E-state index contributed by atoms with van der Waals surface area (Å²) in [5.74, 6) is 0.607. The molecule has 0 radical (unpaired) electrons. The molecule has 0 N–H and O–H groups in total. The predicted octanol–water partition coefficient (Wildman–Crippen LogP) is 2.12. The molecule has 0 bridgehead atoms. The van der Waals surface area contributed by atoms with Crippen LogP contribution >= 0.6 is 0 Å². The Morgan fingerprint density at radius 2 is 2.14 bits per heavy atom. The van der Waals surface area contributed by atoms with E-state index in [0.717, 1.165) is 17.7 Å². The van der Waals surface area contributed by atoms with Crippen molar-refractivity contribution in [1.29, 1.82) is 0 Å². The number of para-hydroxylation sites is 1. The summed E-state index contributed by atoms with van der Waals surface area (Å²) in [4.78, 5) is 16.1. The van der Waals surface area contributed by atoms with Gasteiger partial charge in [0.2, 0.25) is 0 Å². The average Bonchev–Trinajstić information content (AvgIpc) is 2.87. The first kappa shape index (κ1) is 13.8. The van der Waals surface area contributed by atoms with Crippen LogP contribution in [0.4, 0.5) is 0 Å². The van der Waals surface area contributed by atoms with Gasteiger partial charge in [-0.25, -0.2) is 4.79 Å². The van der Waals surface area contributed by atoms with E-state index in [1.54, 1.807) is 0 Å². The molecule has 112 valence electrons. The van der Waals surface area contributed by atoms with Crippen LogP contribution in [-0.2, 0) is 9.53 Å². The smallest absolute Gasteiger partial charge is 0.355 e. The highest BCUT2D eigenvalue weighted by Gasteiger charge is 2.36. The summed E-state index contributed by atoms with van der Waals surface area (Å²) < 4.78 is 10.8. The lowest BCUT2D eigenvalue weighted by Gasteiger charge is -2.37. The summed E-state index contributed by atoms with van der Waals surface area (Å²) in [5, 5.41) is 0. The number of methoxy groups -OCH3 is 1. The van der Waals surface area contributed by atoms with E-state index in [9.17, 15) is 4.79 Å². The standard InChI is InChI=1S/C16H20N2O3/c1-11-8-13(12-6-4-5-7-15(12)21-11)18-10-17(2)9-14(18)16(19)20-3/h4-7,9,11,13H,8,10H2,1-3H3/t11-,13-/m0/s1. The lowest BCUT2D eigenvalue weighted by molar-refractivity contribution is -0.138. The van der Waals surface area contributed by atoms with Crippen molar-refractivity contribution in [3.63, 3.8) is 0 Å². The maximum Gasteiger partial charge on any atom is 0.355 e. The number of ether oxygens (including phenoxy) is 2. The SMILES string of the molecule is COC(=O)C1=CN(C)CN1[C@H]1C[C@H](C)Oc2ccccc21. The molecule has 0 aliphatic carbocycles. The molecule has 5 heteroatoms. The zero-order valence-electron chi connectivity index (χ0n) is 12.6. The van der Waals surface area contributed by atoms with Gasteiger partial charge in [0.15, 0.2) is 0 Å². The second-order valence-electron chi connectivity index (χ2n) is 5.59. The van der Waals surface area contributed by atoms with Gasteiger partial charge in [-0.1, -0.05) is 18.2 Å². The molecule has 2 heterocycles. The van der Waals surface area contributed by atoms with Crippen LogP contribution in [0.2, 0.25) is 0 Å². The number of nitrogens with zero attached hydrogens (tertiary/aromatic N) is 2. The Hall–Kier alpha value is -2.17. The molecule has 21 heavy (non-hydrogen) atoms. The van der Waals surface area contributed by atoms with E-state index in [1.165, 1.54) is 7.11 Å². The summed E-state index contributed by atoms with van der Waals surface area (Å²) in [7, 11) is 3.37. The van der Waals surface area contributed by atoms with Gasteiger partial charge in [0, 0.05) is 25.2 Å². The maximum atomic E-state index is 12.0. The Kier molecular flexibility index (Phi) is 3.49. The topological polar surface area (TPSA) is 42.0 Å². The summed E-state index contributed by atoms with van der Waals surface area (Å²) in [6, 6.07) is 8.16. The van der Waals surface area contributed by atoms with Gasteiger partial charge in [0.1, 0.15) is 11.4 Å². The molecule has 5 nitrogen and oxygen atoms in total. The fourth-order valence-corrected chi connectivity index (χ4v) is 3.05. The quantitative estimate of drug-likeness (QED) is 0.780. The van der Waals surface area contributed by atoms with Crippen molar-refractivity contribution in [3.8, 4) is 5.75 Å². The van der Waals surface area contributed by atoms with Gasteiger partial charge in [-0.15, -0.1) is 0 Å². The zero-order valence-corrected chi connectivity index (χ0v) is 12.6. The second-order valence-corrected chi connectivity index (χ2v) is 5.59. The largest absolute Gasteiger partial charge is 0.490 e. The lowest BCUT2D eigenvalue weighted by atomic mass is 9.95. The molecule has 0 aromatic heterocycles. The van der Waals surface area contributed by atoms with Crippen LogP contribution in [0.25, 0.3) is 0 Å². The van der Waals surface area contributed by atoms with Crippen molar-refractivity contribution in [2.45, 2.75) is 25.5 Å². The number of fused-ring (bicyclic) bond motifs is 1. The van der Waals surface area contributed by atoms with Gasteiger partial charge in [-0.3, -0.25) is 0 Å². The fraction of sp³-hybridized carbons (Fsp3) is 0.438. The Labute approximate surface area is 124 Å². The van der Waals surface area contributed by atoms with E-state index in [4.69, 9.17) is 9.47 Å². The van der Waals surface area contributed by atoms with Gasteiger partial charge in [-0.2, -0.15) is 0 Å². The van der Waals surface area contributed by atoms with Crippen molar-refractivity contribution >= 4 is 5.97 Å². The van der Waals surface area contributed by atoms with Crippen molar-refractivity contribution in [2.75, 3.05) is 20.8 Å². The van der Waals surface area contributed by atoms with E-state index < -0.39 is 0 Å². The van der Waals surface area contributed by atoms with Gasteiger partial charge < -0.3 is 19.3 Å². The number of hydrogen-bond acceptors (Lipinski definition) is 5. The highest BCUT2D eigenvalue weighted by atomic mass is 16.5. The molecule has 2 aliphatic heterocycles. The Morgan fingerprint density at radius 3 is 2.90 bits per heavy atom. The molecular weight excluding hydrogens is 268 g/mol. The minimum absolute atomic E-state index is 0.120. The predicted molar refractivity (Wildman–Crippen MR) is 78.5 cm³/mol. The van der Waals surface area contributed by atoms with E-state index in [2.05, 4.69) is 17.9 Å². The first-order valence-corrected chi connectivity index (χ1v) is 7.12. The van der Waals surface area contributed by atoms with Gasteiger partial charge in [-0.05, 0) is 13.0 Å². The van der Waals surface area contributed by atoms with Gasteiger partial charge >= 0.3 is 5.97 Å². The number of esters is 1. The molecule has 0 fully saturated rings. The molecule has 2 aliphatic rings. The fourth-order valence-electron chi connectivity index (χ4n) is 3.05. The number of benzene rings is 1. The van der Waals surface area contributed by atoms with Crippen molar-refractivity contribution in [1.82, 2.24) is 9.80 Å². The normalized spacial score (nSPS) is 24.2. The summed E-state index contributed by atoms with van der Waals surface area (Å²) in [6.07, 6.45) is 2.81. The summed E-state index contributed by atoms with van der Waals surface area (Å²) in [5.41, 5.74) is 1.73. The van der Waals surface area contributed by atoms with Crippen LogP contribution in [0.15, 0.2) is 36.2 Å². The number of rotatable bonds is 2. The van der Waals surface area contributed by atoms with Crippen molar-refractivity contribution in [2.24, 2.45) is 0 Å². The number of hydrogen-bond donors (Lipinski definition) is 0. The molecule has 1 aromatic carbocycles. The van der Waals surface area contributed by atoms with Crippen molar-refractivity contribution < 1.29 is 14.3 Å². The summed E-state index contributed by atoms with van der Waals surface area (Å²) in [6.45, 7) is 2.74. The van der Waals surface area contributed by atoms with Crippen LogP contribution in [0.1, 0.15) is 24.9 Å². The third-order valence-corrected chi connectivity index (χ3v) is 3.96. The highest BCUT2D eigenvalue weighted by Crippen LogP contribution is 2.41. The van der Waals surface area contributed by atoms with Gasteiger partial charge in [0.25, 0.3) is 0 Å². The van der Waals surface area contributed by atoms with Gasteiger partial charge in [0.05, 0.1) is 25.9 Å². The van der Waals surface area contributed by atoms with E-state index in [-0.39, 0.29) is 18.1 Å². The van der Waals surface area contributed by atoms with Crippen LogP contribution in [-0.4, -0.2) is 42.7 Å². The maximum absolute atomic E-state index is 12.0. The first-order valence-electron chi connectivity index (χ1n) is 7.12. The Bertz CT molecular complexity index is 585. The van der Waals surface area contributed by atoms with Crippen LogP contribution in [0.3, 0.4) is 0 Å². The third kappa shape index (κ3) is 2.44. The second kappa shape index (κ2) is 5.31. The Morgan fingerprint density at radius 1 is 1.38 bits per heavy atom. The van der Waals surface area contributed by atoms with Crippen LogP contribution in [0, 0.1) is 0 Å². The first-order chi connectivity index (χ1) is 10.1. The van der Waals surface area contributed by atoms with E-state index in [1.807, 2.05) is 36.3 Å². The van der Waals surface area contributed by atoms with Crippen LogP contribution < -0.4 is 4.74 Å². The molecule has 0 saturated heterocycles. The minimum Gasteiger partial charge on any atom is -0.490 e. The molecule has 0 saturated carbocycles. The molecule has 2 atom stereocenters.